The van der Waals surface area contributed by atoms with Crippen molar-refractivity contribution in [2.45, 2.75) is 184 Å². The van der Waals surface area contributed by atoms with Crippen LogP contribution in [0.15, 0.2) is 0 Å². The average molecular weight is 720 g/mol. The molecule has 0 spiro atoms. The number of carbonyl (C=O) groups excluding carboxylic acids is 4. The fourth-order valence-corrected chi connectivity index (χ4v) is 4.72. The molecular formula is C36H68O8Zr. The second-order valence-electron chi connectivity index (χ2n) is 11.8. The first-order chi connectivity index (χ1) is 20.9. The standard InChI is InChI=1S/4C9H18O2.Zr/c4*1-3-5-7-8(6-4-2)9(10)11;/h4*8H,3-7H2,1-2H3,(H,10,11);/q;;;;+4/p-4. The van der Waals surface area contributed by atoms with E-state index in [1.165, 1.54) is 0 Å². The number of aliphatic carboxylic acids is 4. The SMILES string of the molecule is CCCCC(CCC)C(=O)[O-].CCCCC(CCC)C(=O)[O-].CCCCC(CCC)C(=O)[O-].CCCCC(CCC)C(=O)[O-].[Zr+4]. The van der Waals surface area contributed by atoms with Gasteiger partial charge in [-0.05, 0) is 75.0 Å². The number of carboxylic acids is 4. The van der Waals surface area contributed by atoms with Crippen LogP contribution in [-0.2, 0) is 45.4 Å². The molecular weight excluding hydrogens is 652 g/mol. The maximum absolute atomic E-state index is 10.5. The molecule has 4 atom stereocenters. The van der Waals surface area contributed by atoms with Crippen LogP contribution < -0.4 is 20.4 Å². The molecule has 0 saturated heterocycles. The molecule has 9 heteroatoms. The summed E-state index contributed by atoms with van der Waals surface area (Å²) in [5.74, 6) is -4.33. The minimum atomic E-state index is -0.875. The molecule has 0 rings (SSSR count). The Kier molecular flexibility index (Phi) is 48.3. The molecule has 0 aliphatic heterocycles. The minimum Gasteiger partial charge on any atom is -0.550 e. The molecule has 264 valence electrons. The van der Waals surface area contributed by atoms with E-state index in [1.54, 1.807) is 0 Å². The molecule has 0 aromatic rings. The van der Waals surface area contributed by atoms with E-state index in [0.29, 0.717) is 0 Å². The summed E-state index contributed by atoms with van der Waals surface area (Å²) in [6.45, 7) is 16.3. The number of carbonyl (C=O) groups is 4. The summed E-state index contributed by atoms with van der Waals surface area (Å²) in [5.41, 5.74) is 0. The van der Waals surface area contributed by atoms with Gasteiger partial charge in [0, 0.05) is 23.9 Å². The first kappa shape index (κ1) is 53.3. The molecule has 0 aromatic carbocycles. The second kappa shape index (κ2) is 40.8. The van der Waals surface area contributed by atoms with E-state index in [-0.39, 0.29) is 49.9 Å². The Morgan fingerprint density at radius 1 is 0.333 bits per heavy atom. The molecule has 0 aromatic heterocycles. The van der Waals surface area contributed by atoms with E-state index in [4.69, 9.17) is 0 Å². The summed E-state index contributed by atoms with van der Waals surface area (Å²) in [6, 6.07) is 0. The van der Waals surface area contributed by atoms with Gasteiger partial charge in [0.15, 0.2) is 0 Å². The Hall–Kier alpha value is -1.24. The molecule has 45 heavy (non-hydrogen) atoms. The topological polar surface area (TPSA) is 161 Å². The predicted octanol–water partition coefficient (Wildman–Crippen LogP) is 5.37. The number of hydrogen-bond acceptors (Lipinski definition) is 8. The summed E-state index contributed by atoms with van der Waals surface area (Å²) in [5, 5.41) is 41.9. The van der Waals surface area contributed by atoms with Crippen molar-refractivity contribution < 1.29 is 65.8 Å². The Labute approximate surface area is 296 Å². The number of carboxylic acid groups (broad SMARTS) is 4. The maximum Gasteiger partial charge on any atom is 4.00 e. The van der Waals surface area contributed by atoms with Gasteiger partial charge in [-0.1, -0.05) is 132 Å². The molecule has 0 radical (unpaired) electrons. The third-order valence-electron chi connectivity index (χ3n) is 7.51. The first-order valence-electron chi connectivity index (χ1n) is 17.7. The molecule has 0 aliphatic rings. The molecule has 0 amide bonds. The van der Waals surface area contributed by atoms with Gasteiger partial charge in [0.1, 0.15) is 0 Å². The van der Waals surface area contributed by atoms with Crippen molar-refractivity contribution >= 4 is 23.9 Å². The minimum absolute atomic E-state index is 0. The van der Waals surface area contributed by atoms with Crippen LogP contribution in [0, 0.1) is 23.7 Å². The van der Waals surface area contributed by atoms with Crippen LogP contribution in [0.1, 0.15) is 184 Å². The quantitative estimate of drug-likeness (QED) is 0.129. The van der Waals surface area contributed by atoms with Crippen molar-refractivity contribution in [2.24, 2.45) is 23.7 Å². The van der Waals surface area contributed by atoms with E-state index >= 15 is 0 Å². The first-order valence-corrected chi connectivity index (χ1v) is 17.7. The Bertz CT molecular complexity index is 559. The van der Waals surface area contributed by atoms with Gasteiger partial charge in [-0.3, -0.25) is 0 Å². The van der Waals surface area contributed by atoms with Gasteiger partial charge in [-0.15, -0.1) is 0 Å². The van der Waals surface area contributed by atoms with Crippen LogP contribution >= 0.6 is 0 Å². The average Bonchev–Trinajstić information content (AvgIpc) is 2.98. The van der Waals surface area contributed by atoms with Crippen molar-refractivity contribution in [3.05, 3.63) is 0 Å². The Morgan fingerprint density at radius 2 is 0.489 bits per heavy atom. The summed E-state index contributed by atoms with van der Waals surface area (Å²) in [4.78, 5) is 41.9. The normalized spacial score (nSPS) is 12.6. The zero-order valence-electron chi connectivity index (χ0n) is 30.2. The summed E-state index contributed by atoms with van der Waals surface area (Å²) < 4.78 is 0. The van der Waals surface area contributed by atoms with Gasteiger partial charge in [0.2, 0.25) is 0 Å². The smallest absolute Gasteiger partial charge is 0.550 e. The van der Waals surface area contributed by atoms with Gasteiger partial charge < -0.3 is 39.6 Å². The molecule has 0 heterocycles. The molecule has 0 aliphatic carbocycles. The predicted molar refractivity (Wildman–Crippen MR) is 172 cm³/mol. The second-order valence-corrected chi connectivity index (χ2v) is 11.8. The van der Waals surface area contributed by atoms with Gasteiger partial charge in [-0.25, -0.2) is 0 Å². The zero-order chi connectivity index (χ0) is 34.8. The van der Waals surface area contributed by atoms with Crippen LogP contribution in [0.25, 0.3) is 0 Å². The van der Waals surface area contributed by atoms with E-state index in [2.05, 4.69) is 27.7 Å². The van der Waals surface area contributed by atoms with Gasteiger partial charge in [0.25, 0.3) is 0 Å². The van der Waals surface area contributed by atoms with Crippen LogP contribution in [0.4, 0.5) is 0 Å². The third-order valence-corrected chi connectivity index (χ3v) is 7.51. The van der Waals surface area contributed by atoms with Crippen LogP contribution in [0.2, 0.25) is 0 Å². The molecule has 0 bridgehead atoms. The van der Waals surface area contributed by atoms with Crippen molar-refractivity contribution in [2.75, 3.05) is 0 Å². The van der Waals surface area contributed by atoms with Crippen LogP contribution in [-0.4, -0.2) is 23.9 Å². The Balaban J connectivity index is -0.000000157. The largest absolute Gasteiger partial charge is 4.00 e. The van der Waals surface area contributed by atoms with Crippen LogP contribution in [0.3, 0.4) is 0 Å². The summed E-state index contributed by atoms with van der Waals surface area (Å²) in [6.07, 6.45) is 18.2. The molecule has 4 unspecified atom stereocenters. The van der Waals surface area contributed by atoms with Gasteiger partial charge in [0.05, 0.1) is 0 Å². The monoisotopic (exact) mass is 718 g/mol. The maximum atomic E-state index is 10.5. The third kappa shape index (κ3) is 38.9. The van der Waals surface area contributed by atoms with Gasteiger partial charge >= 0.3 is 26.2 Å². The van der Waals surface area contributed by atoms with E-state index < -0.39 is 23.9 Å². The molecule has 0 fully saturated rings. The summed E-state index contributed by atoms with van der Waals surface area (Å²) >= 11 is 0. The van der Waals surface area contributed by atoms with Crippen molar-refractivity contribution in [3.8, 4) is 0 Å². The van der Waals surface area contributed by atoms with Crippen molar-refractivity contribution in [1.82, 2.24) is 0 Å². The fourth-order valence-electron chi connectivity index (χ4n) is 4.72. The molecule has 0 N–H and O–H groups in total. The van der Waals surface area contributed by atoms with Crippen molar-refractivity contribution in [3.63, 3.8) is 0 Å². The van der Waals surface area contributed by atoms with Crippen LogP contribution in [0.5, 0.6) is 0 Å². The van der Waals surface area contributed by atoms with E-state index in [0.717, 1.165) is 128 Å². The number of unbranched alkanes of at least 4 members (excludes halogenated alkanes) is 4. The fraction of sp³-hybridized carbons (Fsp3) is 0.889. The molecule has 8 nitrogen and oxygen atoms in total. The zero-order valence-corrected chi connectivity index (χ0v) is 32.7. The van der Waals surface area contributed by atoms with Gasteiger partial charge in [-0.2, -0.15) is 0 Å². The Morgan fingerprint density at radius 3 is 0.578 bits per heavy atom. The number of hydrogen-bond donors (Lipinski definition) is 0. The summed E-state index contributed by atoms with van der Waals surface area (Å²) in [7, 11) is 0. The number of rotatable bonds is 24. The van der Waals surface area contributed by atoms with E-state index in [1.807, 2.05) is 27.7 Å². The molecule has 0 saturated carbocycles. The van der Waals surface area contributed by atoms with E-state index in [9.17, 15) is 39.6 Å². The van der Waals surface area contributed by atoms with Crippen molar-refractivity contribution in [1.29, 1.82) is 0 Å².